The third kappa shape index (κ3) is 3.57. The van der Waals surface area contributed by atoms with Crippen molar-refractivity contribution in [3.05, 3.63) is 35.3 Å². The van der Waals surface area contributed by atoms with Crippen molar-refractivity contribution in [2.75, 3.05) is 10.0 Å². The van der Waals surface area contributed by atoms with Crippen LogP contribution in [0.5, 0.6) is 0 Å². The Morgan fingerprint density at radius 3 is 2.21 bits per heavy atom. The van der Waals surface area contributed by atoms with Crippen molar-refractivity contribution in [2.24, 2.45) is 17.8 Å². The monoisotopic (exact) mass is 431 g/mol. The lowest BCUT2D eigenvalue weighted by Crippen LogP contribution is -2.48. The Bertz CT molecular complexity index is 1010. The van der Waals surface area contributed by atoms with Gasteiger partial charge in [-0.2, -0.15) is 0 Å². The van der Waals surface area contributed by atoms with Crippen LogP contribution in [0.25, 0.3) is 0 Å². The van der Waals surface area contributed by atoms with Crippen LogP contribution in [0.3, 0.4) is 0 Å². The number of amides is 1. The van der Waals surface area contributed by atoms with Gasteiger partial charge in [0.05, 0.1) is 10.6 Å². The van der Waals surface area contributed by atoms with E-state index in [-0.39, 0.29) is 16.2 Å². The first-order chi connectivity index (χ1) is 13.8. The quantitative estimate of drug-likeness (QED) is 0.736. The Balaban J connectivity index is 1.34. The highest BCUT2D eigenvalue weighted by molar-refractivity contribution is 7.93. The summed E-state index contributed by atoms with van der Waals surface area (Å²) < 4.78 is 28.2. The first kappa shape index (κ1) is 19.1. The van der Waals surface area contributed by atoms with Crippen molar-refractivity contribution >= 4 is 38.1 Å². The fourth-order valence-corrected chi connectivity index (χ4v) is 8.17. The van der Waals surface area contributed by atoms with E-state index in [1.165, 1.54) is 68.9 Å². The average Bonchev–Trinajstić information content (AvgIpc) is 3.09. The Morgan fingerprint density at radius 1 is 1.07 bits per heavy atom. The van der Waals surface area contributed by atoms with Crippen LogP contribution in [-0.4, -0.2) is 19.3 Å². The van der Waals surface area contributed by atoms with Crippen LogP contribution in [0.2, 0.25) is 0 Å². The van der Waals surface area contributed by atoms with Crippen LogP contribution < -0.4 is 10.0 Å². The average molecular weight is 432 g/mol. The molecular formula is C21H25N3O3S2. The second-order valence-corrected chi connectivity index (χ2v) is 11.6. The molecule has 29 heavy (non-hydrogen) atoms. The number of thiazole rings is 1. The number of benzene rings is 1. The van der Waals surface area contributed by atoms with Crippen molar-refractivity contribution in [1.29, 1.82) is 0 Å². The highest BCUT2D eigenvalue weighted by atomic mass is 32.2. The molecular weight excluding hydrogens is 406 g/mol. The molecule has 6 nitrogen and oxygen atoms in total. The molecule has 6 rings (SSSR count). The van der Waals surface area contributed by atoms with Crippen LogP contribution >= 0.6 is 11.3 Å². The summed E-state index contributed by atoms with van der Waals surface area (Å²) in [7, 11) is -3.72. The van der Waals surface area contributed by atoms with Gasteiger partial charge >= 0.3 is 0 Å². The fraction of sp³-hybridized carbons (Fsp3) is 0.524. The molecule has 4 bridgehead atoms. The second-order valence-electron chi connectivity index (χ2n) is 9.05. The smallest absolute Gasteiger partial charge is 0.263 e. The van der Waals surface area contributed by atoms with Crippen molar-refractivity contribution < 1.29 is 13.2 Å². The Hall–Kier alpha value is -1.93. The van der Waals surface area contributed by atoms with Crippen molar-refractivity contribution in [3.63, 3.8) is 0 Å². The molecule has 4 aliphatic rings. The Morgan fingerprint density at radius 2 is 1.66 bits per heavy atom. The molecule has 1 heterocycles. The molecule has 8 heteroatoms. The summed E-state index contributed by atoms with van der Waals surface area (Å²) in [5, 5.41) is 5.13. The molecule has 2 N–H and O–H groups in total. The van der Waals surface area contributed by atoms with Gasteiger partial charge in [-0.25, -0.2) is 13.4 Å². The van der Waals surface area contributed by atoms with E-state index in [0.29, 0.717) is 10.8 Å². The van der Waals surface area contributed by atoms with Gasteiger partial charge in [-0.05, 0) is 80.5 Å². The standard InChI is InChI=1S/C21H25N3O3S2/c1-13(25)22-17-2-4-18(5-3-17)29(26,27)24-20-23-19(12-28-20)21-9-14-6-15(10-21)8-16(7-14)11-21/h2-5,12,14-16H,6-11H2,1H3,(H,22,25)(H,23,24). The van der Waals surface area contributed by atoms with Crippen LogP contribution in [0.1, 0.15) is 51.1 Å². The Labute approximate surface area is 175 Å². The van der Waals surface area contributed by atoms with Gasteiger partial charge in [0.2, 0.25) is 5.91 Å². The molecule has 0 saturated heterocycles. The van der Waals surface area contributed by atoms with E-state index in [0.717, 1.165) is 23.4 Å². The van der Waals surface area contributed by atoms with E-state index in [9.17, 15) is 13.2 Å². The van der Waals surface area contributed by atoms with Crippen LogP contribution in [0.15, 0.2) is 34.5 Å². The lowest BCUT2D eigenvalue weighted by atomic mass is 9.49. The summed E-state index contributed by atoms with van der Waals surface area (Å²) in [5.74, 6) is 2.28. The summed E-state index contributed by atoms with van der Waals surface area (Å²) in [6.07, 6.45) is 7.74. The number of nitrogens with zero attached hydrogens (tertiary/aromatic N) is 1. The molecule has 1 amide bonds. The molecule has 1 aromatic carbocycles. The summed E-state index contributed by atoms with van der Waals surface area (Å²) in [4.78, 5) is 16.0. The van der Waals surface area contributed by atoms with E-state index in [2.05, 4.69) is 15.4 Å². The molecule has 4 aliphatic carbocycles. The van der Waals surface area contributed by atoms with E-state index >= 15 is 0 Å². The molecule has 1 aromatic heterocycles. The third-order valence-corrected chi connectivity index (χ3v) is 9.03. The normalized spacial score (nSPS) is 30.3. The molecule has 0 unspecified atom stereocenters. The topological polar surface area (TPSA) is 88.2 Å². The second kappa shape index (κ2) is 6.80. The molecule has 0 aliphatic heterocycles. The van der Waals surface area contributed by atoms with Gasteiger partial charge in [0, 0.05) is 23.4 Å². The van der Waals surface area contributed by atoms with Gasteiger partial charge in [0.25, 0.3) is 10.0 Å². The number of aromatic nitrogens is 1. The first-order valence-electron chi connectivity index (χ1n) is 10.2. The molecule has 4 saturated carbocycles. The number of hydrogen-bond acceptors (Lipinski definition) is 5. The first-order valence-corrected chi connectivity index (χ1v) is 12.5. The summed E-state index contributed by atoms with van der Waals surface area (Å²) in [5.41, 5.74) is 1.81. The van der Waals surface area contributed by atoms with E-state index in [4.69, 9.17) is 4.98 Å². The summed E-state index contributed by atoms with van der Waals surface area (Å²) >= 11 is 1.37. The fourth-order valence-electron chi connectivity index (χ4n) is 6.08. The largest absolute Gasteiger partial charge is 0.326 e. The highest BCUT2D eigenvalue weighted by Crippen LogP contribution is 2.60. The Kier molecular flexibility index (Phi) is 4.47. The van der Waals surface area contributed by atoms with Crippen LogP contribution in [-0.2, 0) is 20.2 Å². The molecule has 0 radical (unpaired) electrons. The van der Waals surface area contributed by atoms with Gasteiger partial charge in [-0.3, -0.25) is 9.52 Å². The zero-order valence-electron chi connectivity index (χ0n) is 16.3. The third-order valence-electron chi connectivity index (χ3n) is 6.79. The number of sulfonamides is 1. The minimum Gasteiger partial charge on any atom is -0.326 e. The van der Waals surface area contributed by atoms with Crippen molar-refractivity contribution in [1.82, 2.24) is 4.98 Å². The number of hydrogen-bond donors (Lipinski definition) is 2. The van der Waals surface area contributed by atoms with E-state index < -0.39 is 10.0 Å². The highest BCUT2D eigenvalue weighted by Gasteiger charge is 2.52. The summed E-state index contributed by atoms with van der Waals surface area (Å²) in [6, 6.07) is 6.14. The van der Waals surface area contributed by atoms with E-state index in [1.54, 1.807) is 12.1 Å². The minimum atomic E-state index is -3.72. The van der Waals surface area contributed by atoms with Crippen LogP contribution in [0, 0.1) is 17.8 Å². The van der Waals surface area contributed by atoms with E-state index in [1.807, 2.05) is 0 Å². The number of rotatable bonds is 5. The predicted molar refractivity (Wildman–Crippen MR) is 114 cm³/mol. The predicted octanol–water partition coefficient (Wildman–Crippen LogP) is 4.37. The maximum Gasteiger partial charge on any atom is 0.263 e. The van der Waals surface area contributed by atoms with Crippen molar-refractivity contribution in [2.45, 2.75) is 55.8 Å². The molecule has 4 fully saturated rings. The molecule has 154 valence electrons. The van der Waals surface area contributed by atoms with Gasteiger partial charge in [-0.15, -0.1) is 11.3 Å². The summed E-state index contributed by atoms with van der Waals surface area (Å²) in [6.45, 7) is 1.41. The van der Waals surface area contributed by atoms with Crippen molar-refractivity contribution in [3.8, 4) is 0 Å². The van der Waals surface area contributed by atoms with Gasteiger partial charge in [0.15, 0.2) is 5.13 Å². The molecule has 2 aromatic rings. The molecule has 0 spiro atoms. The number of carbonyl (C=O) groups excluding carboxylic acids is 1. The number of nitrogens with one attached hydrogen (secondary N) is 2. The van der Waals surface area contributed by atoms with Gasteiger partial charge in [0.1, 0.15) is 0 Å². The minimum absolute atomic E-state index is 0.151. The van der Waals surface area contributed by atoms with Gasteiger partial charge < -0.3 is 5.32 Å². The lowest BCUT2D eigenvalue weighted by molar-refractivity contribution is -0.114. The maximum absolute atomic E-state index is 12.8. The zero-order valence-corrected chi connectivity index (χ0v) is 18.0. The number of carbonyl (C=O) groups is 1. The SMILES string of the molecule is CC(=O)Nc1ccc(S(=O)(=O)Nc2nc(C34CC5CC(CC(C5)C3)C4)cs2)cc1. The zero-order chi connectivity index (χ0) is 20.2. The molecule has 0 atom stereocenters. The number of anilines is 2. The maximum atomic E-state index is 12.8. The van der Waals surface area contributed by atoms with Crippen LogP contribution in [0.4, 0.5) is 10.8 Å². The van der Waals surface area contributed by atoms with Gasteiger partial charge in [-0.1, -0.05) is 0 Å². The lowest BCUT2D eigenvalue weighted by Gasteiger charge is -2.56.